The molecule has 0 spiro atoms. The van der Waals surface area contributed by atoms with Crippen molar-refractivity contribution >= 4 is 5.95 Å². The van der Waals surface area contributed by atoms with Crippen molar-refractivity contribution in [3.63, 3.8) is 0 Å². The Balaban J connectivity index is 2.76. The molecule has 1 aromatic rings. The molecule has 0 aromatic carbocycles. The highest BCUT2D eigenvalue weighted by atomic mass is 15.1. The minimum absolute atomic E-state index is 0.458. The Kier molecular flexibility index (Phi) is 1.66. The number of nitrogens with one attached hydrogen (secondary N) is 1. The highest BCUT2D eigenvalue weighted by molar-refractivity contribution is 5.29. The average molecular weight is 119 g/mol. The SMILES string of the molecule is C#CNc1ncccn1. The van der Waals surface area contributed by atoms with Gasteiger partial charge in [0.2, 0.25) is 5.95 Å². The second kappa shape index (κ2) is 2.68. The molecule has 0 unspecified atom stereocenters. The van der Waals surface area contributed by atoms with E-state index in [2.05, 4.69) is 21.3 Å². The number of hydrogen-bond acceptors (Lipinski definition) is 3. The molecule has 0 aliphatic carbocycles. The van der Waals surface area contributed by atoms with Gasteiger partial charge >= 0.3 is 0 Å². The van der Waals surface area contributed by atoms with E-state index in [1.165, 1.54) is 0 Å². The molecule has 1 rings (SSSR count). The van der Waals surface area contributed by atoms with Crippen molar-refractivity contribution in [2.45, 2.75) is 0 Å². The topological polar surface area (TPSA) is 37.8 Å². The van der Waals surface area contributed by atoms with Gasteiger partial charge in [-0.15, -0.1) is 0 Å². The zero-order valence-corrected chi connectivity index (χ0v) is 4.70. The highest BCUT2D eigenvalue weighted by Gasteiger charge is 1.83. The minimum atomic E-state index is 0.458. The molecule has 1 aromatic heterocycles. The molecular weight excluding hydrogens is 114 g/mol. The summed E-state index contributed by atoms with van der Waals surface area (Å²) in [5, 5.41) is 2.51. The predicted octanol–water partition coefficient (Wildman–Crippen LogP) is 0.479. The number of nitrogens with zero attached hydrogens (tertiary/aromatic N) is 2. The van der Waals surface area contributed by atoms with Crippen molar-refractivity contribution in [2.75, 3.05) is 5.32 Å². The van der Waals surface area contributed by atoms with Crippen molar-refractivity contribution in [3.8, 4) is 12.5 Å². The fourth-order valence-electron chi connectivity index (χ4n) is 0.428. The van der Waals surface area contributed by atoms with Gasteiger partial charge in [-0.25, -0.2) is 9.97 Å². The molecular formula is C6H5N3. The molecule has 0 radical (unpaired) electrons. The molecule has 44 valence electrons. The molecule has 3 nitrogen and oxygen atoms in total. The Morgan fingerprint density at radius 3 is 2.67 bits per heavy atom. The largest absolute Gasteiger partial charge is 0.283 e. The summed E-state index contributed by atoms with van der Waals surface area (Å²) in [6.45, 7) is 0. The van der Waals surface area contributed by atoms with E-state index in [0.717, 1.165) is 0 Å². The van der Waals surface area contributed by atoms with Crippen LogP contribution in [0.2, 0.25) is 0 Å². The van der Waals surface area contributed by atoms with Crippen molar-refractivity contribution in [3.05, 3.63) is 18.5 Å². The summed E-state index contributed by atoms with van der Waals surface area (Å²) in [6.07, 6.45) is 8.15. The van der Waals surface area contributed by atoms with E-state index in [9.17, 15) is 0 Å². The molecule has 0 atom stereocenters. The van der Waals surface area contributed by atoms with Gasteiger partial charge in [0.1, 0.15) is 0 Å². The van der Waals surface area contributed by atoms with Crippen LogP contribution in [0.4, 0.5) is 5.95 Å². The van der Waals surface area contributed by atoms with E-state index in [4.69, 9.17) is 6.42 Å². The molecule has 0 aliphatic heterocycles. The summed E-state index contributed by atoms with van der Waals surface area (Å²) in [4.78, 5) is 7.61. The van der Waals surface area contributed by atoms with Crippen LogP contribution in [0.3, 0.4) is 0 Å². The van der Waals surface area contributed by atoms with Gasteiger partial charge in [0.15, 0.2) is 0 Å². The van der Waals surface area contributed by atoms with Gasteiger partial charge in [-0.1, -0.05) is 6.42 Å². The van der Waals surface area contributed by atoms with Crippen LogP contribution in [0.5, 0.6) is 0 Å². The third kappa shape index (κ3) is 1.42. The van der Waals surface area contributed by atoms with Crippen LogP contribution >= 0.6 is 0 Å². The maximum atomic E-state index is 4.92. The van der Waals surface area contributed by atoms with E-state index < -0.39 is 0 Å². The zero-order chi connectivity index (χ0) is 6.53. The first-order chi connectivity index (χ1) is 4.43. The van der Waals surface area contributed by atoms with Crippen LogP contribution in [-0.4, -0.2) is 9.97 Å². The Morgan fingerprint density at radius 1 is 1.44 bits per heavy atom. The van der Waals surface area contributed by atoms with Crippen molar-refractivity contribution < 1.29 is 0 Å². The fourth-order valence-corrected chi connectivity index (χ4v) is 0.428. The first-order valence-corrected chi connectivity index (χ1v) is 2.42. The first-order valence-electron chi connectivity index (χ1n) is 2.42. The van der Waals surface area contributed by atoms with E-state index in [1.54, 1.807) is 18.5 Å². The molecule has 0 amide bonds. The van der Waals surface area contributed by atoms with Gasteiger partial charge < -0.3 is 0 Å². The molecule has 3 heteroatoms. The maximum absolute atomic E-state index is 4.92. The molecule has 0 saturated carbocycles. The number of rotatable bonds is 1. The summed E-state index contributed by atoms with van der Waals surface area (Å²) in [7, 11) is 0. The average Bonchev–Trinajstić information content (AvgIpc) is 1.91. The molecule has 0 fully saturated rings. The number of hydrogen-bond donors (Lipinski definition) is 1. The van der Waals surface area contributed by atoms with Crippen LogP contribution in [-0.2, 0) is 0 Å². The van der Waals surface area contributed by atoms with Gasteiger partial charge in [0.25, 0.3) is 0 Å². The summed E-state index contributed by atoms with van der Waals surface area (Å²) in [6, 6.07) is 3.93. The lowest BCUT2D eigenvalue weighted by molar-refractivity contribution is 1.17. The van der Waals surface area contributed by atoms with Gasteiger partial charge in [-0.05, 0) is 6.07 Å². The number of aromatic nitrogens is 2. The predicted molar refractivity (Wildman–Crippen MR) is 34.5 cm³/mol. The monoisotopic (exact) mass is 119 g/mol. The first kappa shape index (κ1) is 5.57. The van der Waals surface area contributed by atoms with Crippen LogP contribution in [0.15, 0.2) is 18.5 Å². The zero-order valence-electron chi connectivity index (χ0n) is 4.70. The van der Waals surface area contributed by atoms with Gasteiger partial charge in [-0.2, -0.15) is 0 Å². The van der Waals surface area contributed by atoms with E-state index >= 15 is 0 Å². The van der Waals surface area contributed by atoms with Crippen LogP contribution in [0.1, 0.15) is 0 Å². The van der Waals surface area contributed by atoms with E-state index in [0.29, 0.717) is 5.95 Å². The normalized spacial score (nSPS) is 7.89. The quantitative estimate of drug-likeness (QED) is 0.431. The number of terminal acetylenes is 1. The van der Waals surface area contributed by atoms with Crippen molar-refractivity contribution in [1.29, 1.82) is 0 Å². The Labute approximate surface area is 53.1 Å². The minimum Gasteiger partial charge on any atom is -0.283 e. The van der Waals surface area contributed by atoms with E-state index in [1.807, 2.05) is 0 Å². The summed E-state index contributed by atoms with van der Waals surface area (Å²) < 4.78 is 0. The maximum Gasteiger partial charge on any atom is 0.234 e. The third-order valence-corrected chi connectivity index (χ3v) is 0.750. The van der Waals surface area contributed by atoms with E-state index in [-0.39, 0.29) is 0 Å². The molecule has 0 aliphatic rings. The summed E-state index contributed by atoms with van der Waals surface area (Å²) in [5.74, 6) is 0.458. The molecule has 1 heterocycles. The Hall–Kier alpha value is -1.56. The van der Waals surface area contributed by atoms with Crippen LogP contribution in [0.25, 0.3) is 0 Å². The van der Waals surface area contributed by atoms with Crippen LogP contribution in [0, 0.1) is 12.5 Å². The standard InChI is InChI=1S/C6H5N3/c1-2-7-6-8-4-3-5-9-6/h1,3-5H,(H,7,8,9). The lowest BCUT2D eigenvalue weighted by Gasteiger charge is -1.90. The second-order valence-electron chi connectivity index (χ2n) is 1.34. The lowest BCUT2D eigenvalue weighted by atomic mass is 10.7. The lowest BCUT2D eigenvalue weighted by Crippen LogP contribution is -1.92. The Bertz CT molecular complexity index is 211. The summed E-state index contributed by atoms with van der Waals surface area (Å²) in [5.41, 5.74) is 0. The highest BCUT2D eigenvalue weighted by Crippen LogP contribution is 1.89. The Morgan fingerprint density at radius 2 is 2.11 bits per heavy atom. The van der Waals surface area contributed by atoms with Crippen LogP contribution < -0.4 is 5.32 Å². The van der Waals surface area contributed by atoms with Gasteiger partial charge in [-0.3, -0.25) is 5.32 Å². The fraction of sp³-hybridized carbons (Fsp3) is 0. The van der Waals surface area contributed by atoms with Gasteiger partial charge in [0.05, 0.1) is 0 Å². The smallest absolute Gasteiger partial charge is 0.234 e. The number of anilines is 1. The van der Waals surface area contributed by atoms with Crippen molar-refractivity contribution in [2.24, 2.45) is 0 Å². The van der Waals surface area contributed by atoms with Gasteiger partial charge in [0, 0.05) is 18.4 Å². The second-order valence-corrected chi connectivity index (χ2v) is 1.34. The molecule has 0 saturated heterocycles. The molecule has 1 N–H and O–H groups in total. The third-order valence-electron chi connectivity index (χ3n) is 0.750. The molecule has 0 bridgehead atoms. The van der Waals surface area contributed by atoms with Crippen molar-refractivity contribution in [1.82, 2.24) is 9.97 Å². The molecule has 9 heavy (non-hydrogen) atoms. The summed E-state index contributed by atoms with van der Waals surface area (Å²) >= 11 is 0.